The van der Waals surface area contributed by atoms with Crippen molar-refractivity contribution in [3.63, 3.8) is 0 Å². The third-order valence-corrected chi connectivity index (χ3v) is 6.00. The Morgan fingerprint density at radius 1 is 1.48 bits per heavy atom. The molecule has 1 unspecified atom stereocenters. The van der Waals surface area contributed by atoms with Gasteiger partial charge < -0.3 is 5.73 Å². The van der Waals surface area contributed by atoms with Crippen molar-refractivity contribution >= 4 is 10.0 Å². The smallest absolute Gasteiger partial charge is 0.243 e. The summed E-state index contributed by atoms with van der Waals surface area (Å²) in [5, 5.41) is 8.97. The number of hydrogen-bond acceptors (Lipinski definition) is 4. The number of sulfonamides is 1. The van der Waals surface area contributed by atoms with Crippen LogP contribution in [0.5, 0.6) is 0 Å². The van der Waals surface area contributed by atoms with Gasteiger partial charge in [-0.05, 0) is 56.3 Å². The van der Waals surface area contributed by atoms with Crippen LogP contribution in [0.4, 0.5) is 0 Å². The molecule has 1 saturated heterocycles. The van der Waals surface area contributed by atoms with Crippen molar-refractivity contribution in [2.24, 2.45) is 11.7 Å². The van der Waals surface area contributed by atoms with E-state index in [-0.39, 0.29) is 4.90 Å². The number of rotatable bonds is 4. The van der Waals surface area contributed by atoms with E-state index in [4.69, 9.17) is 11.0 Å². The van der Waals surface area contributed by atoms with Gasteiger partial charge in [-0.2, -0.15) is 9.57 Å². The first-order chi connectivity index (χ1) is 9.98. The van der Waals surface area contributed by atoms with Crippen LogP contribution in [0.2, 0.25) is 0 Å². The van der Waals surface area contributed by atoms with E-state index in [9.17, 15) is 8.42 Å². The van der Waals surface area contributed by atoms with E-state index in [0.29, 0.717) is 36.7 Å². The largest absolute Gasteiger partial charge is 0.330 e. The lowest BCUT2D eigenvalue weighted by molar-refractivity contribution is 0.258. The minimum Gasteiger partial charge on any atom is -0.330 e. The van der Waals surface area contributed by atoms with E-state index in [1.54, 1.807) is 23.4 Å². The van der Waals surface area contributed by atoms with E-state index >= 15 is 0 Å². The zero-order valence-corrected chi connectivity index (χ0v) is 13.1. The highest BCUT2D eigenvalue weighted by Crippen LogP contribution is 2.27. The minimum absolute atomic E-state index is 0.245. The quantitative estimate of drug-likeness (QED) is 0.915. The maximum atomic E-state index is 12.8. The molecule has 1 aliphatic rings. The van der Waals surface area contributed by atoms with E-state index in [1.165, 1.54) is 6.07 Å². The molecule has 6 heteroatoms. The number of aryl methyl sites for hydroxylation is 1. The highest BCUT2D eigenvalue weighted by Gasteiger charge is 2.31. The summed E-state index contributed by atoms with van der Waals surface area (Å²) in [6.45, 7) is 3.41. The standard InChI is InChI=1S/C15H21N3O2S/c1-12-4-5-14(10-17)9-15(12)21(19,20)18-8-2-3-13(11-18)6-7-16/h4-5,9,13H,2-3,6-8,11,16H2,1H3. The maximum Gasteiger partial charge on any atom is 0.243 e. The van der Waals surface area contributed by atoms with Crippen molar-refractivity contribution in [2.75, 3.05) is 19.6 Å². The van der Waals surface area contributed by atoms with Gasteiger partial charge in [0.2, 0.25) is 10.0 Å². The van der Waals surface area contributed by atoms with Crippen molar-refractivity contribution in [1.29, 1.82) is 5.26 Å². The number of hydrogen-bond donors (Lipinski definition) is 1. The van der Waals surface area contributed by atoms with Crippen molar-refractivity contribution in [3.8, 4) is 6.07 Å². The van der Waals surface area contributed by atoms with Crippen LogP contribution in [-0.4, -0.2) is 32.4 Å². The average Bonchev–Trinajstić information content (AvgIpc) is 2.48. The molecule has 0 amide bonds. The third kappa shape index (κ3) is 3.43. The fourth-order valence-electron chi connectivity index (χ4n) is 2.80. The summed E-state index contributed by atoms with van der Waals surface area (Å²) in [6, 6.07) is 6.80. The molecule has 0 spiro atoms. The van der Waals surface area contributed by atoms with Gasteiger partial charge in [-0.3, -0.25) is 0 Å². The second-order valence-electron chi connectivity index (χ2n) is 5.54. The molecule has 1 heterocycles. The molecule has 0 radical (unpaired) electrons. The number of nitrogens with two attached hydrogens (primary N) is 1. The summed E-state index contributed by atoms with van der Waals surface area (Å²) in [7, 11) is -3.54. The van der Waals surface area contributed by atoms with Crippen LogP contribution in [0.3, 0.4) is 0 Å². The van der Waals surface area contributed by atoms with Crippen molar-refractivity contribution in [1.82, 2.24) is 4.31 Å². The zero-order valence-electron chi connectivity index (χ0n) is 12.2. The Morgan fingerprint density at radius 2 is 2.24 bits per heavy atom. The Morgan fingerprint density at radius 3 is 2.90 bits per heavy atom. The van der Waals surface area contributed by atoms with Gasteiger partial charge in [-0.25, -0.2) is 8.42 Å². The van der Waals surface area contributed by atoms with Gasteiger partial charge in [-0.15, -0.1) is 0 Å². The van der Waals surface area contributed by atoms with Gasteiger partial charge >= 0.3 is 0 Å². The molecule has 0 aromatic heterocycles. The Bertz CT molecular complexity index is 647. The van der Waals surface area contributed by atoms with Gasteiger partial charge in [-0.1, -0.05) is 6.07 Å². The summed E-state index contributed by atoms with van der Waals surface area (Å²) < 4.78 is 27.2. The van der Waals surface area contributed by atoms with E-state index in [2.05, 4.69) is 0 Å². The van der Waals surface area contributed by atoms with Crippen LogP contribution < -0.4 is 5.73 Å². The molecule has 0 aliphatic carbocycles. The van der Waals surface area contributed by atoms with E-state index in [0.717, 1.165) is 19.3 Å². The van der Waals surface area contributed by atoms with Crippen molar-refractivity contribution in [2.45, 2.75) is 31.1 Å². The molecule has 0 bridgehead atoms. The number of nitrogens with zero attached hydrogens (tertiary/aromatic N) is 2. The molecular formula is C15H21N3O2S. The fraction of sp³-hybridized carbons (Fsp3) is 0.533. The molecule has 1 atom stereocenters. The second kappa shape index (κ2) is 6.56. The highest BCUT2D eigenvalue weighted by atomic mass is 32.2. The van der Waals surface area contributed by atoms with Crippen LogP contribution in [0, 0.1) is 24.2 Å². The summed E-state index contributed by atoms with van der Waals surface area (Å²) in [5.74, 6) is 0.331. The van der Waals surface area contributed by atoms with Gasteiger partial charge in [0.25, 0.3) is 0 Å². The number of piperidine rings is 1. The average molecular weight is 307 g/mol. The van der Waals surface area contributed by atoms with Crippen LogP contribution in [0.1, 0.15) is 30.4 Å². The topological polar surface area (TPSA) is 87.2 Å². The summed E-state index contributed by atoms with van der Waals surface area (Å²) in [6.07, 6.45) is 2.74. The Hall–Kier alpha value is -1.42. The number of nitriles is 1. The third-order valence-electron chi connectivity index (χ3n) is 3.99. The Balaban J connectivity index is 2.31. The maximum absolute atomic E-state index is 12.8. The minimum atomic E-state index is -3.54. The lowest BCUT2D eigenvalue weighted by Crippen LogP contribution is -2.40. The SMILES string of the molecule is Cc1ccc(C#N)cc1S(=O)(=O)N1CCCC(CCN)C1. The predicted molar refractivity (Wildman–Crippen MR) is 81.0 cm³/mol. The molecule has 2 N–H and O–H groups in total. The van der Waals surface area contributed by atoms with Crippen LogP contribution >= 0.6 is 0 Å². The van der Waals surface area contributed by atoms with Gasteiger partial charge in [0.1, 0.15) is 0 Å². The fourth-order valence-corrected chi connectivity index (χ4v) is 4.61. The van der Waals surface area contributed by atoms with Crippen LogP contribution in [0.15, 0.2) is 23.1 Å². The normalized spacial score (nSPS) is 20.1. The molecule has 5 nitrogen and oxygen atoms in total. The van der Waals surface area contributed by atoms with Crippen LogP contribution in [-0.2, 0) is 10.0 Å². The molecule has 1 aromatic carbocycles. The zero-order chi connectivity index (χ0) is 15.5. The molecule has 0 saturated carbocycles. The van der Waals surface area contributed by atoms with E-state index < -0.39 is 10.0 Å². The monoisotopic (exact) mass is 307 g/mol. The van der Waals surface area contributed by atoms with Crippen LogP contribution in [0.25, 0.3) is 0 Å². The molecule has 21 heavy (non-hydrogen) atoms. The van der Waals surface area contributed by atoms with E-state index in [1.807, 2.05) is 6.07 Å². The van der Waals surface area contributed by atoms with Gasteiger partial charge in [0.15, 0.2) is 0 Å². The predicted octanol–water partition coefficient (Wildman–Crippen LogP) is 1.62. The van der Waals surface area contributed by atoms with Gasteiger partial charge in [0, 0.05) is 13.1 Å². The molecule has 1 aromatic rings. The van der Waals surface area contributed by atoms with Gasteiger partial charge in [0.05, 0.1) is 16.5 Å². The van der Waals surface area contributed by atoms with Crippen molar-refractivity contribution in [3.05, 3.63) is 29.3 Å². The first-order valence-corrected chi connectivity index (χ1v) is 8.64. The molecule has 2 rings (SSSR count). The molecular weight excluding hydrogens is 286 g/mol. The molecule has 1 fully saturated rings. The lowest BCUT2D eigenvalue weighted by Gasteiger charge is -2.32. The number of benzene rings is 1. The molecule has 1 aliphatic heterocycles. The first-order valence-electron chi connectivity index (χ1n) is 7.20. The summed E-state index contributed by atoms with van der Waals surface area (Å²) >= 11 is 0. The summed E-state index contributed by atoms with van der Waals surface area (Å²) in [5.41, 5.74) is 6.63. The second-order valence-corrected chi connectivity index (χ2v) is 7.45. The van der Waals surface area contributed by atoms with Crippen molar-refractivity contribution < 1.29 is 8.42 Å². The lowest BCUT2D eigenvalue weighted by atomic mass is 9.96. The Labute approximate surface area is 126 Å². The highest BCUT2D eigenvalue weighted by molar-refractivity contribution is 7.89. The first kappa shape index (κ1) is 16.0. The molecule has 114 valence electrons. The summed E-state index contributed by atoms with van der Waals surface area (Å²) in [4.78, 5) is 0.245. The Kier molecular flexibility index (Phi) is 4.99.